The van der Waals surface area contributed by atoms with Gasteiger partial charge in [0.2, 0.25) is 5.89 Å². The minimum atomic E-state index is 0.488. The Morgan fingerprint density at radius 1 is 1.75 bits per heavy atom. The number of oxazole rings is 1. The predicted octanol–water partition coefficient (Wildman–Crippen LogP) is 3.02. The minimum Gasteiger partial charge on any atom is -0.444 e. The summed E-state index contributed by atoms with van der Waals surface area (Å²) in [6.07, 6.45) is 3.94. The van der Waals surface area contributed by atoms with Crippen LogP contribution in [-0.2, 0) is 0 Å². The molecule has 0 radical (unpaired) electrons. The minimum absolute atomic E-state index is 0.488. The van der Waals surface area contributed by atoms with Gasteiger partial charge in [0.25, 0.3) is 0 Å². The van der Waals surface area contributed by atoms with Gasteiger partial charge in [-0.3, -0.25) is 0 Å². The second-order valence-corrected chi connectivity index (χ2v) is 2.98. The summed E-state index contributed by atoms with van der Waals surface area (Å²) in [5.41, 5.74) is 1.07. The van der Waals surface area contributed by atoms with Gasteiger partial charge in [-0.05, 0) is 13.3 Å². The summed E-state index contributed by atoms with van der Waals surface area (Å²) in [6.45, 7) is 3.97. The standard InChI is InChI=1S/C8H11NO2S/c1-3-6(2)7(12-10)8-9-4-5-11-8/h4-5,10H,3H2,1-2H3/b7-6-. The van der Waals surface area contributed by atoms with E-state index in [1.54, 1.807) is 6.20 Å². The van der Waals surface area contributed by atoms with Crippen molar-refractivity contribution < 1.29 is 8.97 Å². The molecular weight excluding hydrogens is 174 g/mol. The highest BCUT2D eigenvalue weighted by Crippen LogP contribution is 2.28. The van der Waals surface area contributed by atoms with E-state index in [1.165, 1.54) is 6.26 Å². The largest absolute Gasteiger partial charge is 0.444 e. The fourth-order valence-corrected chi connectivity index (χ4v) is 1.27. The van der Waals surface area contributed by atoms with Gasteiger partial charge in [0.05, 0.1) is 11.1 Å². The number of hydrogen-bond donors (Lipinski definition) is 1. The molecule has 0 saturated heterocycles. The Morgan fingerprint density at radius 3 is 2.92 bits per heavy atom. The molecule has 1 aromatic rings. The normalized spacial score (nSPS) is 12.9. The first-order chi connectivity index (χ1) is 5.79. The van der Waals surface area contributed by atoms with Crippen LogP contribution in [0, 0.1) is 0 Å². The van der Waals surface area contributed by atoms with Crippen LogP contribution in [0.1, 0.15) is 26.2 Å². The van der Waals surface area contributed by atoms with E-state index >= 15 is 0 Å². The second-order valence-electron chi connectivity index (χ2n) is 2.39. The number of rotatable bonds is 3. The molecule has 1 heterocycles. The van der Waals surface area contributed by atoms with Gasteiger partial charge in [0, 0.05) is 12.0 Å². The lowest BCUT2D eigenvalue weighted by atomic mass is 10.2. The van der Waals surface area contributed by atoms with Gasteiger partial charge >= 0.3 is 0 Å². The molecule has 1 N–H and O–H groups in total. The van der Waals surface area contributed by atoms with Crippen LogP contribution < -0.4 is 0 Å². The fraction of sp³-hybridized carbons (Fsp3) is 0.375. The maximum absolute atomic E-state index is 8.96. The molecule has 66 valence electrons. The molecule has 0 bridgehead atoms. The molecule has 3 nitrogen and oxygen atoms in total. The Morgan fingerprint density at radius 2 is 2.50 bits per heavy atom. The molecule has 0 aliphatic carbocycles. The monoisotopic (exact) mass is 185 g/mol. The van der Waals surface area contributed by atoms with E-state index in [0.717, 1.165) is 12.0 Å². The molecule has 1 rings (SSSR count). The lowest BCUT2D eigenvalue weighted by molar-refractivity contribution is 0.543. The zero-order valence-electron chi connectivity index (χ0n) is 7.07. The molecule has 0 saturated carbocycles. The van der Waals surface area contributed by atoms with Gasteiger partial charge in [-0.25, -0.2) is 4.98 Å². The van der Waals surface area contributed by atoms with E-state index in [2.05, 4.69) is 4.98 Å². The number of aromatic nitrogens is 1. The first-order valence-electron chi connectivity index (χ1n) is 3.70. The van der Waals surface area contributed by atoms with E-state index in [-0.39, 0.29) is 0 Å². The maximum atomic E-state index is 8.96. The Balaban J connectivity index is 2.98. The van der Waals surface area contributed by atoms with E-state index in [0.29, 0.717) is 22.8 Å². The van der Waals surface area contributed by atoms with Crippen molar-refractivity contribution in [3.8, 4) is 0 Å². The Labute approximate surface area is 75.7 Å². The van der Waals surface area contributed by atoms with Crippen molar-refractivity contribution >= 4 is 16.9 Å². The van der Waals surface area contributed by atoms with Crippen LogP contribution in [0.3, 0.4) is 0 Å². The average molecular weight is 185 g/mol. The molecule has 0 fully saturated rings. The van der Waals surface area contributed by atoms with Crippen molar-refractivity contribution in [1.82, 2.24) is 4.98 Å². The molecule has 1 aromatic heterocycles. The van der Waals surface area contributed by atoms with Gasteiger partial charge in [-0.15, -0.1) is 0 Å². The predicted molar refractivity (Wildman–Crippen MR) is 49.6 cm³/mol. The molecule has 0 unspecified atom stereocenters. The Hall–Kier alpha value is -0.740. The average Bonchev–Trinajstić information content (AvgIpc) is 2.58. The summed E-state index contributed by atoms with van der Waals surface area (Å²) >= 11 is 0.684. The number of hydrogen-bond acceptors (Lipinski definition) is 4. The molecule has 0 aromatic carbocycles. The van der Waals surface area contributed by atoms with Crippen molar-refractivity contribution in [2.24, 2.45) is 0 Å². The molecule has 0 aliphatic heterocycles. The van der Waals surface area contributed by atoms with Crippen LogP contribution in [-0.4, -0.2) is 9.54 Å². The smallest absolute Gasteiger partial charge is 0.234 e. The number of nitrogens with zero attached hydrogens (tertiary/aromatic N) is 1. The highest BCUT2D eigenvalue weighted by Gasteiger charge is 2.08. The van der Waals surface area contributed by atoms with Crippen LogP contribution in [0.5, 0.6) is 0 Å². The molecule has 4 heteroatoms. The van der Waals surface area contributed by atoms with Crippen LogP contribution in [0.4, 0.5) is 0 Å². The first kappa shape index (κ1) is 9.35. The van der Waals surface area contributed by atoms with Crippen LogP contribution >= 0.6 is 12.0 Å². The highest BCUT2D eigenvalue weighted by atomic mass is 32.2. The quantitative estimate of drug-likeness (QED) is 0.735. The SMILES string of the molecule is CC/C(C)=C(\SO)c1ncco1. The van der Waals surface area contributed by atoms with Crippen molar-refractivity contribution in [3.63, 3.8) is 0 Å². The van der Waals surface area contributed by atoms with Gasteiger partial charge < -0.3 is 8.97 Å². The summed E-state index contributed by atoms with van der Waals surface area (Å²) in [5.74, 6) is 0.488. The van der Waals surface area contributed by atoms with E-state index < -0.39 is 0 Å². The zero-order valence-corrected chi connectivity index (χ0v) is 7.89. The molecule has 0 amide bonds. The van der Waals surface area contributed by atoms with Crippen molar-refractivity contribution in [1.29, 1.82) is 0 Å². The summed E-state index contributed by atoms with van der Waals surface area (Å²) in [7, 11) is 0. The molecule has 0 spiro atoms. The van der Waals surface area contributed by atoms with Gasteiger partial charge in [0.1, 0.15) is 6.26 Å². The van der Waals surface area contributed by atoms with E-state index in [4.69, 9.17) is 8.97 Å². The van der Waals surface area contributed by atoms with Crippen molar-refractivity contribution in [2.75, 3.05) is 0 Å². The van der Waals surface area contributed by atoms with Crippen LogP contribution in [0.15, 0.2) is 22.5 Å². The van der Waals surface area contributed by atoms with E-state index in [1.807, 2.05) is 13.8 Å². The van der Waals surface area contributed by atoms with Crippen LogP contribution in [0.25, 0.3) is 4.91 Å². The van der Waals surface area contributed by atoms with Gasteiger partial charge in [-0.1, -0.05) is 12.5 Å². The Bertz CT molecular complexity index is 267. The third-order valence-corrected chi connectivity index (χ3v) is 2.34. The summed E-state index contributed by atoms with van der Waals surface area (Å²) in [6, 6.07) is 0. The maximum Gasteiger partial charge on any atom is 0.234 e. The fourth-order valence-electron chi connectivity index (χ4n) is 0.796. The molecule has 12 heavy (non-hydrogen) atoms. The van der Waals surface area contributed by atoms with E-state index in [9.17, 15) is 0 Å². The highest BCUT2D eigenvalue weighted by molar-refractivity contribution is 8.03. The molecule has 0 atom stereocenters. The van der Waals surface area contributed by atoms with Gasteiger partial charge in [0.15, 0.2) is 0 Å². The summed E-state index contributed by atoms with van der Waals surface area (Å²) in [5, 5.41) is 0. The van der Waals surface area contributed by atoms with Crippen LogP contribution in [0.2, 0.25) is 0 Å². The third-order valence-electron chi connectivity index (χ3n) is 1.64. The molecular formula is C8H11NO2S. The van der Waals surface area contributed by atoms with Crippen molar-refractivity contribution in [2.45, 2.75) is 20.3 Å². The van der Waals surface area contributed by atoms with Gasteiger partial charge in [-0.2, -0.15) is 0 Å². The topological polar surface area (TPSA) is 46.3 Å². The molecule has 0 aliphatic rings. The zero-order chi connectivity index (χ0) is 8.97. The third kappa shape index (κ3) is 1.89. The first-order valence-corrected chi connectivity index (χ1v) is 4.48. The second kappa shape index (κ2) is 4.33. The van der Waals surface area contributed by atoms with Crippen molar-refractivity contribution in [3.05, 3.63) is 23.9 Å². The summed E-state index contributed by atoms with van der Waals surface area (Å²) < 4.78 is 14.0. The lowest BCUT2D eigenvalue weighted by Crippen LogP contribution is -1.84. The number of allylic oxidation sites excluding steroid dienone is 1. The summed E-state index contributed by atoms with van der Waals surface area (Å²) in [4.78, 5) is 4.66. The lowest BCUT2D eigenvalue weighted by Gasteiger charge is -2.01. The Kier molecular flexibility index (Phi) is 3.37.